The van der Waals surface area contributed by atoms with Crippen molar-refractivity contribution in [3.8, 4) is 5.75 Å². The van der Waals surface area contributed by atoms with Gasteiger partial charge in [-0.15, -0.1) is 0 Å². The SMILES string of the molecule is Cc1nc(C2CN(C(=O)COc3ccccc3)CCCN2Cc2ccccc2)n[nH]1. The first kappa shape index (κ1) is 20.1. The van der Waals surface area contributed by atoms with Crippen LogP contribution in [-0.4, -0.2) is 57.1 Å². The fraction of sp³-hybridized carbons (Fsp3) is 0.348. The molecule has 1 aromatic heterocycles. The molecule has 7 heteroatoms. The Balaban J connectivity index is 1.48. The number of nitrogens with one attached hydrogen (secondary N) is 1. The maximum Gasteiger partial charge on any atom is 0.260 e. The molecule has 1 N–H and O–H groups in total. The maximum absolute atomic E-state index is 12.9. The third kappa shape index (κ3) is 5.04. The van der Waals surface area contributed by atoms with Gasteiger partial charge in [0, 0.05) is 26.2 Å². The molecule has 4 rings (SSSR count). The van der Waals surface area contributed by atoms with E-state index in [2.05, 4.69) is 44.3 Å². The Morgan fingerprint density at radius 3 is 2.53 bits per heavy atom. The van der Waals surface area contributed by atoms with Crippen molar-refractivity contribution in [3.05, 3.63) is 77.9 Å². The summed E-state index contributed by atoms with van der Waals surface area (Å²) in [5.41, 5.74) is 1.24. The average molecular weight is 406 g/mol. The largest absolute Gasteiger partial charge is 0.484 e. The number of carbonyl (C=O) groups excluding carboxylic acids is 1. The Morgan fingerprint density at radius 2 is 1.83 bits per heavy atom. The first-order valence-electron chi connectivity index (χ1n) is 10.3. The normalized spacial score (nSPS) is 17.5. The van der Waals surface area contributed by atoms with Crippen molar-refractivity contribution in [2.45, 2.75) is 25.9 Å². The fourth-order valence-electron chi connectivity index (χ4n) is 3.78. The second-order valence-corrected chi connectivity index (χ2v) is 7.55. The minimum absolute atomic E-state index is 0.0160. The highest BCUT2D eigenvalue weighted by Crippen LogP contribution is 2.25. The maximum atomic E-state index is 12.9. The number of aromatic amines is 1. The summed E-state index contributed by atoms with van der Waals surface area (Å²) >= 11 is 0. The Kier molecular flexibility index (Phi) is 6.39. The first-order valence-corrected chi connectivity index (χ1v) is 10.3. The molecular formula is C23H27N5O2. The highest BCUT2D eigenvalue weighted by Gasteiger charge is 2.31. The minimum atomic E-state index is -0.0710. The van der Waals surface area contributed by atoms with Gasteiger partial charge in [0.15, 0.2) is 12.4 Å². The molecule has 1 aliphatic heterocycles. The van der Waals surface area contributed by atoms with Gasteiger partial charge in [-0.3, -0.25) is 14.8 Å². The van der Waals surface area contributed by atoms with Gasteiger partial charge >= 0.3 is 0 Å². The van der Waals surface area contributed by atoms with Crippen molar-refractivity contribution in [2.75, 3.05) is 26.2 Å². The van der Waals surface area contributed by atoms with E-state index in [1.807, 2.05) is 48.2 Å². The van der Waals surface area contributed by atoms with Crippen LogP contribution >= 0.6 is 0 Å². The van der Waals surface area contributed by atoms with Gasteiger partial charge in [-0.25, -0.2) is 4.98 Å². The van der Waals surface area contributed by atoms with E-state index in [1.165, 1.54) is 5.56 Å². The van der Waals surface area contributed by atoms with Gasteiger partial charge in [-0.2, -0.15) is 5.10 Å². The van der Waals surface area contributed by atoms with E-state index < -0.39 is 0 Å². The minimum Gasteiger partial charge on any atom is -0.484 e. The number of aryl methyl sites for hydroxylation is 1. The Labute approximate surface area is 176 Å². The van der Waals surface area contributed by atoms with Crippen LogP contribution in [0.25, 0.3) is 0 Å². The molecule has 7 nitrogen and oxygen atoms in total. The van der Waals surface area contributed by atoms with Crippen LogP contribution in [0.5, 0.6) is 5.75 Å². The molecule has 1 atom stereocenters. The van der Waals surface area contributed by atoms with Gasteiger partial charge < -0.3 is 9.64 Å². The van der Waals surface area contributed by atoms with Crippen LogP contribution in [0.1, 0.15) is 29.7 Å². The highest BCUT2D eigenvalue weighted by molar-refractivity contribution is 5.77. The number of hydrogen-bond acceptors (Lipinski definition) is 5. The molecule has 0 radical (unpaired) electrons. The lowest BCUT2D eigenvalue weighted by Crippen LogP contribution is -2.40. The topological polar surface area (TPSA) is 74.4 Å². The summed E-state index contributed by atoms with van der Waals surface area (Å²) < 4.78 is 5.69. The van der Waals surface area contributed by atoms with Crippen LogP contribution in [0.15, 0.2) is 60.7 Å². The smallest absolute Gasteiger partial charge is 0.260 e. The molecule has 2 aromatic carbocycles. The summed E-state index contributed by atoms with van der Waals surface area (Å²) in [6.07, 6.45) is 0.893. The predicted octanol–water partition coefficient (Wildman–Crippen LogP) is 2.97. The number of hydrogen-bond donors (Lipinski definition) is 1. The molecule has 1 unspecified atom stereocenters. The second kappa shape index (κ2) is 9.54. The zero-order valence-corrected chi connectivity index (χ0v) is 17.2. The fourth-order valence-corrected chi connectivity index (χ4v) is 3.78. The van der Waals surface area contributed by atoms with Crippen LogP contribution in [-0.2, 0) is 11.3 Å². The summed E-state index contributed by atoms with van der Waals surface area (Å²) in [6.45, 7) is 4.83. The zero-order chi connectivity index (χ0) is 20.8. The number of rotatable bonds is 6. The summed E-state index contributed by atoms with van der Waals surface area (Å²) in [4.78, 5) is 21.7. The highest BCUT2D eigenvalue weighted by atomic mass is 16.5. The number of nitrogens with zero attached hydrogens (tertiary/aromatic N) is 4. The van der Waals surface area contributed by atoms with E-state index in [0.717, 1.165) is 31.2 Å². The monoisotopic (exact) mass is 405 g/mol. The van der Waals surface area contributed by atoms with Crippen LogP contribution in [0.2, 0.25) is 0 Å². The Bertz CT molecular complexity index is 944. The Morgan fingerprint density at radius 1 is 1.10 bits per heavy atom. The first-order chi connectivity index (χ1) is 14.7. The van der Waals surface area contributed by atoms with Crippen LogP contribution in [0.4, 0.5) is 0 Å². The molecule has 3 aromatic rings. The number of amides is 1. The van der Waals surface area contributed by atoms with E-state index in [0.29, 0.717) is 18.8 Å². The predicted molar refractivity (Wildman–Crippen MR) is 114 cm³/mol. The molecule has 0 spiro atoms. The van der Waals surface area contributed by atoms with Gasteiger partial charge in [0.25, 0.3) is 5.91 Å². The number of para-hydroxylation sites is 1. The number of benzene rings is 2. The van der Waals surface area contributed by atoms with E-state index in [1.54, 1.807) is 0 Å². The number of carbonyl (C=O) groups is 1. The van der Waals surface area contributed by atoms with Gasteiger partial charge in [0.2, 0.25) is 0 Å². The Hall–Kier alpha value is -3.19. The molecule has 156 valence electrons. The third-order valence-corrected chi connectivity index (χ3v) is 5.31. The molecule has 0 saturated carbocycles. The number of aromatic nitrogens is 3. The van der Waals surface area contributed by atoms with Gasteiger partial charge in [-0.1, -0.05) is 48.5 Å². The summed E-state index contributed by atoms with van der Waals surface area (Å²) in [5.74, 6) is 2.19. The lowest BCUT2D eigenvalue weighted by Gasteiger charge is -2.30. The molecule has 1 aliphatic rings. The molecule has 0 aliphatic carbocycles. The second-order valence-electron chi connectivity index (χ2n) is 7.55. The van der Waals surface area contributed by atoms with Crippen molar-refractivity contribution in [1.82, 2.24) is 25.0 Å². The average Bonchev–Trinajstić information content (AvgIpc) is 3.10. The van der Waals surface area contributed by atoms with Gasteiger partial charge in [-0.05, 0) is 31.0 Å². The molecule has 1 fully saturated rings. The van der Waals surface area contributed by atoms with E-state index >= 15 is 0 Å². The quantitative estimate of drug-likeness (QED) is 0.683. The lowest BCUT2D eigenvalue weighted by atomic mass is 10.1. The van der Waals surface area contributed by atoms with Gasteiger partial charge in [0.05, 0.1) is 6.04 Å². The number of ether oxygens (including phenoxy) is 1. The van der Waals surface area contributed by atoms with Crippen molar-refractivity contribution in [2.24, 2.45) is 0 Å². The molecule has 1 saturated heterocycles. The van der Waals surface area contributed by atoms with Crippen molar-refractivity contribution >= 4 is 5.91 Å². The van der Waals surface area contributed by atoms with Crippen LogP contribution < -0.4 is 4.74 Å². The summed E-state index contributed by atoms with van der Waals surface area (Å²) in [7, 11) is 0. The van der Waals surface area contributed by atoms with E-state index in [4.69, 9.17) is 4.74 Å². The molecule has 0 bridgehead atoms. The van der Waals surface area contributed by atoms with E-state index in [9.17, 15) is 4.79 Å². The van der Waals surface area contributed by atoms with E-state index in [-0.39, 0.29) is 18.6 Å². The van der Waals surface area contributed by atoms with Crippen molar-refractivity contribution in [3.63, 3.8) is 0 Å². The van der Waals surface area contributed by atoms with Gasteiger partial charge in [0.1, 0.15) is 11.6 Å². The summed E-state index contributed by atoms with van der Waals surface area (Å²) in [5, 5.41) is 7.36. The lowest BCUT2D eigenvalue weighted by molar-refractivity contribution is -0.133. The third-order valence-electron chi connectivity index (χ3n) is 5.31. The molecular weight excluding hydrogens is 378 g/mol. The van der Waals surface area contributed by atoms with Crippen LogP contribution in [0.3, 0.4) is 0 Å². The molecule has 1 amide bonds. The van der Waals surface area contributed by atoms with Crippen molar-refractivity contribution in [1.29, 1.82) is 0 Å². The summed E-state index contributed by atoms with van der Waals surface area (Å²) in [6, 6.07) is 19.7. The molecule has 30 heavy (non-hydrogen) atoms. The van der Waals surface area contributed by atoms with Crippen LogP contribution in [0, 0.1) is 6.92 Å². The van der Waals surface area contributed by atoms with Crippen molar-refractivity contribution < 1.29 is 9.53 Å². The standard InChI is InChI=1S/C23H27N5O2/c1-18-24-23(26-25-18)21-16-28(22(29)17-30-20-11-6-3-7-12-20)14-8-13-27(21)15-19-9-4-2-5-10-19/h2-7,9-12,21H,8,13-17H2,1H3,(H,24,25,26). The zero-order valence-electron chi connectivity index (χ0n) is 17.2. The molecule has 2 heterocycles. The number of H-pyrrole nitrogens is 1.